The van der Waals surface area contributed by atoms with Crippen LogP contribution in [-0.4, -0.2) is 0 Å². The molecular weight excluding hydrogens is 203 g/mol. The highest BCUT2D eigenvalue weighted by molar-refractivity contribution is 5.27. The molecule has 0 bridgehead atoms. The van der Waals surface area contributed by atoms with Gasteiger partial charge in [-0.3, -0.25) is 0 Å². The van der Waals surface area contributed by atoms with Crippen molar-refractivity contribution in [2.24, 2.45) is 5.73 Å². The molecule has 0 aromatic heterocycles. The molecule has 0 saturated carbocycles. The Morgan fingerprint density at radius 2 is 2.00 bits per heavy atom. The van der Waals surface area contributed by atoms with Gasteiger partial charge in [0.05, 0.1) is 5.56 Å². The molecule has 0 aliphatic carbocycles. The third kappa shape index (κ3) is 2.96. The van der Waals surface area contributed by atoms with E-state index in [1.165, 1.54) is 6.07 Å². The highest BCUT2D eigenvalue weighted by atomic mass is 19.3. The normalized spacial score (nSPS) is 13.2. The number of hydrogen-bond donors (Lipinski definition) is 1. The van der Waals surface area contributed by atoms with Gasteiger partial charge in [-0.1, -0.05) is 25.5 Å². The van der Waals surface area contributed by atoms with Gasteiger partial charge in [-0.2, -0.15) is 0 Å². The number of alkyl halides is 2. The molecule has 0 spiro atoms. The summed E-state index contributed by atoms with van der Waals surface area (Å²) in [5.41, 5.74) is 5.75. The van der Waals surface area contributed by atoms with E-state index in [0.717, 1.165) is 18.6 Å². The molecule has 15 heavy (non-hydrogen) atoms. The fraction of sp³-hybridized carbons (Fsp3) is 0.455. The van der Waals surface area contributed by atoms with Crippen molar-refractivity contribution in [2.45, 2.75) is 32.2 Å². The third-order valence-electron chi connectivity index (χ3n) is 2.29. The zero-order valence-corrected chi connectivity index (χ0v) is 8.51. The first-order chi connectivity index (χ1) is 7.06. The van der Waals surface area contributed by atoms with E-state index in [9.17, 15) is 13.2 Å². The van der Waals surface area contributed by atoms with E-state index in [1.807, 2.05) is 6.92 Å². The van der Waals surface area contributed by atoms with Crippen molar-refractivity contribution in [3.05, 3.63) is 35.1 Å². The van der Waals surface area contributed by atoms with Gasteiger partial charge in [0.15, 0.2) is 0 Å². The molecule has 0 saturated heterocycles. The van der Waals surface area contributed by atoms with Crippen molar-refractivity contribution in [1.29, 1.82) is 0 Å². The van der Waals surface area contributed by atoms with Gasteiger partial charge >= 0.3 is 0 Å². The minimum atomic E-state index is -2.78. The lowest BCUT2D eigenvalue weighted by molar-refractivity contribution is 0.146. The van der Waals surface area contributed by atoms with Crippen molar-refractivity contribution in [3.8, 4) is 0 Å². The summed E-state index contributed by atoms with van der Waals surface area (Å²) in [7, 11) is 0. The molecule has 0 aliphatic heterocycles. The van der Waals surface area contributed by atoms with Gasteiger partial charge in [-0.05, 0) is 18.1 Å². The molecule has 1 atom stereocenters. The van der Waals surface area contributed by atoms with E-state index in [1.54, 1.807) is 0 Å². The Hall–Kier alpha value is -1.03. The third-order valence-corrected chi connectivity index (χ3v) is 2.29. The molecule has 1 unspecified atom stereocenters. The van der Waals surface area contributed by atoms with E-state index < -0.39 is 17.8 Å². The first-order valence-corrected chi connectivity index (χ1v) is 4.89. The summed E-state index contributed by atoms with van der Waals surface area (Å²) < 4.78 is 37.6. The Morgan fingerprint density at radius 1 is 1.33 bits per heavy atom. The second-order valence-electron chi connectivity index (χ2n) is 3.48. The highest BCUT2D eigenvalue weighted by Gasteiger charge is 2.15. The fourth-order valence-electron chi connectivity index (χ4n) is 1.43. The topological polar surface area (TPSA) is 26.0 Å². The van der Waals surface area contributed by atoms with Crippen LogP contribution in [0, 0.1) is 5.82 Å². The number of rotatable bonds is 4. The van der Waals surface area contributed by atoms with E-state index in [2.05, 4.69) is 0 Å². The van der Waals surface area contributed by atoms with Crippen molar-refractivity contribution >= 4 is 0 Å². The van der Waals surface area contributed by atoms with Crippen LogP contribution in [0.4, 0.5) is 13.2 Å². The van der Waals surface area contributed by atoms with Crippen LogP contribution in [0.1, 0.15) is 43.4 Å². The average molecular weight is 217 g/mol. The largest absolute Gasteiger partial charge is 0.324 e. The summed E-state index contributed by atoms with van der Waals surface area (Å²) in [5.74, 6) is -0.881. The van der Waals surface area contributed by atoms with Gasteiger partial charge in [0.25, 0.3) is 6.43 Å². The summed E-state index contributed by atoms with van der Waals surface area (Å²) in [4.78, 5) is 0. The van der Waals surface area contributed by atoms with Crippen molar-refractivity contribution < 1.29 is 13.2 Å². The summed E-state index contributed by atoms with van der Waals surface area (Å²) >= 11 is 0. The summed E-state index contributed by atoms with van der Waals surface area (Å²) in [6.07, 6.45) is -1.19. The number of halogens is 3. The minimum absolute atomic E-state index is 0.281. The average Bonchev–Trinajstić information content (AvgIpc) is 2.17. The summed E-state index contributed by atoms with van der Waals surface area (Å²) in [6.45, 7) is 1.96. The molecule has 0 radical (unpaired) electrons. The molecule has 4 heteroatoms. The van der Waals surface area contributed by atoms with E-state index in [4.69, 9.17) is 5.73 Å². The van der Waals surface area contributed by atoms with Gasteiger partial charge in [-0.15, -0.1) is 0 Å². The molecule has 2 N–H and O–H groups in total. The van der Waals surface area contributed by atoms with Crippen LogP contribution in [-0.2, 0) is 0 Å². The zero-order valence-electron chi connectivity index (χ0n) is 8.51. The molecule has 0 amide bonds. The predicted octanol–water partition coefficient (Wildman–Crippen LogP) is 3.56. The molecular formula is C11H14F3N. The van der Waals surface area contributed by atoms with Crippen LogP contribution < -0.4 is 5.73 Å². The lowest BCUT2D eigenvalue weighted by atomic mass is 10.0. The molecule has 1 aromatic rings. The van der Waals surface area contributed by atoms with Crippen molar-refractivity contribution in [1.82, 2.24) is 0 Å². The maximum Gasteiger partial charge on any atom is 0.266 e. The fourth-order valence-corrected chi connectivity index (χ4v) is 1.43. The molecule has 0 fully saturated rings. The van der Waals surface area contributed by atoms with Crippen LogP contribution in [0.15, 0.2) is 18.2 Å². The van der Waals surface area contributed by atoms with Crippen LogP contribution in [0.2, 0.25) is 0 Å². The molecule has 1 nitrogen and oxygen atoms in total. The molecule has 0 heterocycles. The Morgan fingerprint density at radius 3 is 2.47 bits per heavy atom. The second kappa shape index (κ2) is 5.16. The summed E-state index contributed by atoms with van der Waals surface area (Å²) in [5, 5.41) is 0. The van der Waals surface area contributed by atoms with Gasteiger partial charge in [0, 0.05) is 6.04 Å². The monoisotopic (exact) mass is 217 g/mol. The van der Waals surface area contributed by atoms with Crippen LogP contribution in [0.25, 0.3) is 0 Å². The maximum absolute atomic E-state index is 13.2. The van der Waals surface area contributed by atoms with Gasteiger partial charge in [-0.25, -0.2) is 13.2 Å². The van der Waals surface area contributed by atoms with E-state index in [-0.39, 0.29) is 6.04 Å². The predicted molar refractivity (Wildman–Crippen MR) is 53.2 cm³/mol. The smallest absolute Gasteiger partial charge is 0.266 e. The maximum atomic E-state index is 13.2. The van der Waals surface area contributed by atoms with E-state index >= 15 is 0 Å². The standard InChI is InChI=1S/C11H14F3N/c1-2-3-10(15)7-4-5-8(11(13)14)9(12)6-7/h4-6,10-11H,2-3,15H2,1H3. The SMILES string of the molecule is CCCC(N)c1ccc(C(F)F)c(F)c1. The minimum Gasteiger partial charge on any atom is -0.324 e. The molecule has 84 valence electrons. The quantitative estimate of drug-likeness (QED) is 0.819. The van der Waals surface area contributed by atoms with Gasteiger partial charge < -0.3 is 5.73 Å². The lowest BCUT2D eigenvalue weighted by Gasteiger charge is -2.12. The van der Waals surface area contributed by atoms with Gasteiger partial charge in [0.2, 0.25) is 0 Å². The second-order valence-corrected chi connectivity index (χ2v) is 3.48. The zero-order chi connectivity index (χ0) is 11.4. The highest BCUT2D eigenvalue weighted by Crippen LogP contribution is 2.25. The van der Waals surface area contributed by atoms with Crippen molar-refractivity contribution in [2.75, 3.05) is 0 Å². The molecule has 0 aliphatic rings. The number of benzene rings is 1. The Bertz CT molecular complexity index is 326. The van der Waals surface area contributed by atoms with Crippen LogP contribution >= 0.6 is 0 Å². The number of nitrogens with two attached hydrogens (primary N) is 1. The molecule has 1 aromatic carbocycles. The first-order valence-electron chi connectivity index (χ1n) is 4.89. The van der Waals surface area contributed by atoms with Crippen LogP contribution in [0.5, 0.6) is 0 Å². The summed E-state index contributed by atoms with van der Waals surface area (Å²) in [6, 6.07) is 3.38. The Balaban J connectivity index is 2.91. The number of hydrogen-bond acceptors (Lipinski definition) is 1. The lowest BCUT2D eigenvalue weighted by Crippen LogP contribution is -2.10. The van der Waals surface area contributed by atoms with Gasteiger partial charge in [0.1, 0.15) is 5.82 Å². The van der Waals surface area contributed by atoms with E-state index in [0.29, 0.717) is 12.0 Å². The van der Waals surface area contributed by atoms with Crippen LogP contribution in [0.3, 0.4) is 0 Å². The van der Waals surface area contributed by atoms with Crippen molar-refractivity contribution in [3.63, 3.8) is 0 Å². The molecule has 1 rings (SSSR count). The first kappa shape index (κ1) is 12.0. The Kier molecular flexibility index (Phi) is 4.15. The Labute approximate surface area is 87.1 Å².